The highest BCUT2D eigenvalue weighted by molar-refractivity contribution is 6.30. The Morgan fingerprint density at radius 3 is 2.38 bits per heavy atom. The summed E-state index contributed by atoms with van der Waals surface area (Å²) in [6.45, 7) is -0.0646. The number of pyridine rings is 1. The van der Waals surface area contributed by atoms with Crippen LogP contribution in [0.4, 0.5) is 27.6 Å². The van der Waals surface area contributed by atoms with E-state index in [0.29, 0.717) is 22.8 Å². The third-order valence-corrected chi connectivity index (χ3v) is 6.16. The van der Waals surface area contributed by atoms with Crippen LogP contribution in [0.25, 0.3) is 0 Å². The van der Waals surface area contributed by atoms with Gasteiger partial charge in [-0.25, -0.2) is 8.78 Å². The normalized spacial score (nSPS) is 12.4. The van der Waals surface area contributed by atoms with Gasteiger partial charge in [0, 0.05) is 29.5 Å². The summed E-state index contributed by atoms with van der Waals surface area (Å²) in [6.07, 6.45) is -1.68. The maximum absolute atomic E-state index is 13.7. The molecule has 4 aromatic rings. The molecule has 0 radical (unpaired) electrons. The summed E-state index contributed by atoms with van der Waals surface area (Å²) < 4.78 is 66.1. The van der Waals surface area contributed by atoms with Crippen LogP contribution in [-0.2, 0) is 30.6 Å². The van der Waals surface area contributed by atoms with E-state index in [1.54, 1.807) is 24.5 Å². The van der Waals surface area contributed by atoms with Crippen molar-refractivity contribution in [2.45, 2.75) is 25.8 Å². The average molecular weight is 606 g/mol. The lowest BCUT2D eigenvalue weighted by molar-refractivity contribution is -0.137. The molecule has 0 fully saturated rings. The largest absolute Gasteiger partial charge is 0.416 e. The maximum Gasteiger partial charge on any atom is 0.416 e. The van der Waals surface area contributed by atoms with Crippen LogP contribution >= 0.6 is 11.6 Å². The number of fused-ring (bicyclic) bond motifs is 1. The van der Waals surface area contributed by atoms with E-state index in [0.717, 1.165) is 5.56 Å². The van der Waals surface area contributed by atoms with Crippen molar-refractivity contribution in [2.24, 2.45) is 0 Å². The van der Waals surface area contributed by atoms with Crippen molar-refractivity contribution < 1.29 is 36.3 Å². The standard InChI is InChI=1S/C22H17F4N5O3.C6H4ClF/c23-15-5-13(4-14(6-15)22(24,25)26)20(33)30-16-7-17(31-11-19(32)28-10-18(16)31)21(34)29-9-12-2-1-3-27-8-12;7-5-1-3-6(8)4-2-5/h1-8H,9-11H2,(H,28,32)(H,29,34)(H,30,33);1-4H. The average Bonchev–Trinajstić information content (AvgIpc) is 3.30. The molecule has 0 spiro atoms. The van der Waals surface area contributed by atoms with E-state index in [1.165, 1.54) is 34.9 Å². The van der Waals surface area contributed by atoms with Gasteiger partial charge in [0.2, 0.25) is 5.91 Å². The monoisotopic (exact) mass is 605 g/mol. The Morgan fingerprint density at radius 1 is 1.00 bits per heavy atom. The topological polar surface area (TPSA) is 105 Å². The van der Waals surface area contributed by atoms with Crippen molar-refractivity contribution >= 4 is 35.0 Å². The number of nitrogens with zero attached hydrogens (tertiary/aromatic N) is 2. The molecule has 14 heteroatoms. The molecule has 0 saturated carbocycles. The third kappa shape index (κ3) is 7.69. The molecule has 42 heavy (non-hydrogen) atoms. The number of amides is 3. The predicted molar refractivity (Wildman–Crippen MR) is 142 cm³/mol. The van der Waals surface area contributed by atoms with Crippen LogP contribution < -0.4 is 16.0 Å². The Labute approximate surface area is 240 Å². The van der Waals surface area contributed by atoms with Crippen LogP contribution in [0.15, 0.2) is 73.1 Å². The summed E-state index contributed by atoms with van der Waals surface area (Å²) in [6, 6.07) is 11.9. The minimum absolute atomic E-state index is 0.0265. The molecule has 0 atom stereocenters. The van der Waals surface area contributed by atoms with Gasteiger partial charge >= 0.3 is 6.18 Å². The minimum atomic E-state index is -4.84. The van der Waals surface area contributed by atoms with Crippen LogP contribution in [0.2, 0.25) is 5.02 Å². The number of benzene rings is 2. The first-order valence-corrected chi connectivity index (χ1v) is 12.5. The Bertz CT molecular complexity index is 1590. The van der Waals surface area contributed by atoms with E-state index in [9.17, 15) is 36.3 Å². The summed E-state index contributed by atoms with van der Waals surface area (Å²) >= 11 is 5.44. The van der Waals surface area contributed by atoms with Gasteiger partial charge in [-0.05, 0) is 60.2 Å². The number of nitrogens with one attached hydrogen (secondary N) is 3. The van der Waals surface area contributed by atoms with Crippen molar-refractivity contribution in [3.8, 4) is 0 Å². The quantitative estimate of drug-likeness (QED) is 0.267. The summed E-state index contributed by atoms with van der Waals surface area (Å²) in [5.74, 6) is -3.37. The molecule has 8 nitrogen and oxygen atoms in total. The molecule has 0 saturated heterocycles. The van der Waals surface area contributed by atoms with E-state index in [2.05, 4.69) is 20.9 Å². The van der Waals surface area contributed by atoms with Gasteiger partial charge in [0.1, 0.15) is 23.9 Å². The molecule has 3 amide bonds. The van der Waals surface area contributed by atoms with Gasteiger partial charge in [0.25, 0.3) is 11.8 Å². The van der Waals surface area contributed by atoms with Crippen LogP contribution in [0.1, 0.15) is 37.7 Å². The highest BCUT2D eigenvalue weighted by Crippen LogP contribution is 2.31. The van der Waals surface area contributed by atoms with E-state index < -0.39 is 34.9 Å². The second kappa shape index (κ2) is 12.8. The molecule has 0 aliphatic carbocycles. The van der Waals surface area contributed by atoms with Crippen molar-refractivity contribution in [1.29, 1.82) is 0 Å². The smallest absolute Gasteiger partial charge is 0.349 e. The summed E-state index contributed by atoms with van der Waals surface area (Å²) in [4.78, 5) is 41.3. The van der Waals surface area contributed by atoms with Gasteiger partial charge in [-0.3, -0.25) is 19.4 Å². The van der Waals surface area contributed by atoms with E-state index in [1.807, 2.05) is 0 Å². The van der Waals surface area contributed by atoms with E-state index in [-0.39, 0.29) is 48.8 Å². The molecule has 2 aromatic carbocycles. The fourth-order valence-corrected chi connectivity index (χ4v) is 4.05. The van der Waals surface area contributed by atoms with Crippen LogP contribution in [0, 0.1) is 11.6 Å². The number of alkyl halides is 3. The van der Waals surface area contributed by atoms with Crippen molar-refractivity contribution in [2.75, 3.05) is 5.32 Å². The lowest BCUT2D eigenvalue weighted by atomic mass is 10.1. The number of rotatable bonds is 5. The fourth-order valence-electron chi connectivity index (χ4n) is 3.92. The van der Waals surface area contributed by atoms with Gasteiger partial charge < -0.3 is 20.5 Å². The maximum atomic E-state index is 13.7. The Kier molecular flexibility index (Phi) is 9.21. The Hall–Kier alpha value is -4.78. The molecular weight excluding hydrogens is 585 g/mol. The molecule has 0 unspecified atom stereocenters. The third-order valence-electron chi connectivity index (χ3n) is 5.91. The van der Waals surface area contributed by atoms with Gasteiger partial charge in [-0.2, -0.15) is 13.2 Å². The molecule has 1 aliphatic heterocycles. The number of halogens is 6. The molecule has 218 valence electrons. The first-order chi connectivity index (χ1) is 19.9. The number of aromatic nitrogens is 2. The van der Waals surface area contributed by atoms with Gasteiger partial charge in [-0.15, -0.1) is 0 Å². The predicted octanol–water partition coefficient (Wildman–Crippen LogP) is 5.33. The first-order valence-electron chi connectivity index (χ1n) is 12.2. The van der Waals surface area contributed by atoms with Crippen molar-refractivity contribution in [1.82, 2.24) is 20.2 Å². The van der Waals surface area contributed by atoms with Gasteiger partial charge in [-0.1, -0.05) is 17.7 Å². The second-order valence-electron chi connectivity index (χ2n) is 8.91. The van der Waals surface area contributed by atoms with E-state index in [4.69, 9.17) is 11.6 Å². The summed E-state index contributed by atoms with van der Waals surface area (Å²) in [7, 11) is 0. The lowest BCUT2D eigenvalue weighted by Gasteiger charge is -2.19. The minimum Gasteiger partial charge on any atom is -0.349 e. The van der Waals surface area contributed by atoms with Crippen LogP contribution in [0.5, 0.6) is 0 Å². The zero-order valence-corrected chi connectivity index (χ0v) is 22.2. The van der Waals surface area contributed by atoms with Crippen molar-refractivity contribution in [3.63, 3.8) is 0 Å². The first kappa shape index (κ1) is 30.2. The fraction of sp³-hybridized carbons (Fsp3) is 0.143. The second-order valence-corrected chi connectivity index (χ2v) is 9.35. The lowest BCUT2D eigenvalue weighted by Crippen LogP contribution is -2.36. The molecule has 1 aliphatic rings. The number of carbonyl (C=O) groups is 3. The molecule has 3 heterocycles. The molecule has 3 N–H and O–H groups in total. The highest BCUT2D eigenvalue weighted by Gasteiger charge is 2.32. The SMILES string of the molecule is Fc1ccc(Cl)cc1.O=C1Cn2c(C(=O)NCc3cccnc3)cc(NC(=O)c3cc(F)cc(C(F)(F)F)c3)c2CN1. The Balaban J connectivity index is 0.000000437. The molecule has 5 rings (SSSR count). The van der Waals surface area contributed by atoms with Crippen LogP contribution in [-0.4, -0.2) is 27.3 Å². The van der Waals surface area contributed by atoms with Gasteiger partial charge in [0.05, 0.1) is 23.5 Å². The number of carbonyl (C=O) groups excluding carboxylic acids is 3. The number of anilines is 1. The zero-order chi connectivity index (χ0) is 30.4. The Morgan fingerprint density at radius 2 is 1.74 bits per heavy atom. The summed E-state index contributed by atoms with van der Waals surface area (Å²) in [5.41, 5.74) is -0.575. The molecular formula is C28H21ClF5N5O3. The highest BCUT2D eigenvalue weighted by atomic mass is 35.5. The molecule has 2 aromatic heterocycles. The molecule has 0 bridgehead atoms. The summed E-state index contributed by atoms with van der Waals surface area (Å²) in [5, 5.41) is 8.25. The van der Waals surface area contributed by atoms with E-state index >= 15 is 0 Å². The number of hydrogen-bond acceptors (Lipinski definition) is 4. The number of hydrogen-bond donors (Lipinski definition) is 3. The van der Waals surface area contributed by atoms with Crippen LogP contribution in [0.3, 0.4) is 0 Å². The van der Waals surface area contributed by atoms with Gasteiger partial charge in [0.15, 0.2) is 0 Å². The zero-order valence-electron chi connectivity index (χ0n) is 21.4. The van der Waals surface area contributed by atoms with Crippen molar-refractivity contribution in [3.05, 3.63) is 118 Å².